The molecule has 0 unspecified atom stereocenters. The van der Waals surface area contributed by atoms with Gasteiger partial charge in [0.15, 0.2) is 6.10 Å². The molecule has 1 N–H and O–H groups in total. The summed E-state index contributed by atoms with van der Waals surface area (Å²) < 4.78 is 30.0. The van der Waals surface area contributed by atoms with Crippen molar-refractivity contribution in [3.8, 4) is 5.75 Å². The number of hydrogen-bond acceptors (Lipinski definition) is 4. The average Bonchev–Trinajstić information content (AvgIpc) is 2.67. The number of carbonyl (C=O) groups is 1. The molecule has 2 aromatic carbocycles. The molecule has 0 spiro atoms. The Kier molecular flexibility index (Phi) is 7.07. The molecule has 0 fully saturated rings. The maximum absolute atomic E-state index is 12.4. The summed E-state index contributed by atoms with van der Waals surface area (Å²) in [6, 6.07) is 14.6. The summed E-state index contributed by atoms with van der Waals surface area (Å²) >= 11 is 0. The summed E-state index contributed by atoms with van der Waals surface area (Å²) in [5.41, 5.74) is 2.81. The normalized spacial score (nSPS) is 13.5. The molecular formula is C21H28N2O4S. The van der Waals surface area contributed by atoms with E-state index in [0.29, 0.717) is 11.4 Å². The second-order valence-corrected chi connectivity index (χ2v) is 8.82. The minimum atomic E-state index is -3.32. The van der Waals surface area contributed by atoms with Crippen LogP contribution in [0.4, 0.5) is 5.69 Å². The number of benzene rings is 2. The van der Waals surface area contributed by atoms with Crippen LogP contribution in [-0.2, 0) is 21.2 Å². The Morgan fingerprint density at radius 3 is 2.14 bits per heavy atom. The molecule has 0 aliphatic rings. The molecule has 0 bridgehead atoms. The van der Waals surface area contributed by atoms with Gasteiger partial charge >= 0.3 is 0 Å². The Morgan fingerprint density at radius 2 is 1.64 bits per heavy atom. The summed E-state index contributed by atoms with van der Waals surface area (Å²) in [6.45, 7) is 5.71. The van der Waals surface area contributed by atoms with Crippen LogP contribution in [-0.4, -0.2) is 33.7 Å². The van der Waals surface area contributed by atoms with Gasteiger partial charge in [0.2, 0.25) is 10.0 Å². The van der Waals surface area contributed by atoms with Crippen molar-refractivity contribution < 1.29 is 17.9 Å². The van der Waals surface area contributed by atoms with Crippen LogP contribution >= 0.6 is 0 Å². The number of aryl methyl sites for hydroxylation is 1. The molecule has 1 amide bonds. The van der Waals surface area contributed by atoms with Crippen molar-refractivity contribution in [2.75, 3.05) is 17.6 Å². The summed E-state index contributed by atoms with van der Waals surface area (Å²) in [4.78, 5) is 12.4. The number of rotatable bonds is 8. The van der Waals surface area contributed by atoms with Crippen molar-refractivity contribution in [2.45, 2.75) is 39.3 Å². The highest BCUT2D eigenvalue weighted by Gasteiger charge is 2.18. The number of amides is 1. The zero-order valence-electron chi connectivity index (χ0n) is 17.0. The molecule has 0 aromatic heterocycles. The second-order valence-electron chi connectivity index (χ2n) is 6.81. The number of ether oxygens (including phenoxy) is 1. The van der Waals surface area contributed by atoms with Crippen molar-refractivity contribution in [2.24, 2.45) is 0 Å². The van der Waals surface area contributed by atoms with E-state index in [0.717, 1.165) is 18.2 Å². The van der Waals surface area contributed by atoms with Crippen LogP contribution in [0.2, 0.25) is 0 Å². The maximum atomic E-state index is 12.4. The monoisotopic (exact) mass is 404 g/mol. The highest BCUT2D eigenvalue weighted by molar-refractivity contribution is 7.92. The fourth-order valence-electron chi connectivity index (χ4n) is 2.64. The maximum Gasteiger partial charge on any atom is 0.261 e. The van der Waals surface area contributed by atoms with Crippen LogP contribution in [0.3, 0.4) is 0 Å². The van der Waals surface area contributed by atoms with Gasteiger partial charge in [0, 0.05) is 7.05 Å². The van der Waals surface area contributed by atoms with E-state index in [2.05, 4.69) is 24.4 Å². The minimum absolute atomic E-state index is 0.129. The van der Waals surface area contributed by atoms with Crippen molar-refractivity contribution in [1.29, 1.82) is 0 Å². The highest BCUT2D eigenvalue weighted by Crippen LogP contribution is 2.21. The van der Waals surface area contributed by atoms with E-state index in [1.54, 1.807) is 31.2 Å². The molecule has 0 radical (unpaired) electrons. The third kappa shape index (κ3) is 5.73. The lowest BCUT2D eigenvalue weighted by Gasteiger charge is -2.20. The van der Waals surface area contributed by atoms with Gasteiger partial charge in [-0.25, -0.2) is 8.42 Å². The fourth-order valence-corrected chi connectivity index (χ4v) is 3.14. The topological polar surface area (TPSA) is 75.7 Å². The Labute approximate surface area is 167 Å². The predicted octanol–water partition coefficient (Wildman–Crippen LogP) is 3.29. The Bertz CT molecular complexity index is 893. The van der Waals surface area contributed by atoms with E-state index in [1.165, 1.54) is 16.9 Å². The average molecular weight is 405 g/mol. The largest absolute Gasteiger partial charge is 0.481 e. The molecule has 2 aromatic rings. The predicted molar refractivity (Wildman–Crippen MR) is 112 cm³/mol. The molecule has 0 saturated carbocycles. The van der Waals surface area contributed by atoms with Gasteiger partial charge in [0.25, 0.3) is 5.91 Å². The third-order valence-corrected chi connectivity index (χ3v) is 5.83. The van der Waals surface area contributed by atoms with E-state index >= 15 is 0 Å². The number of nitrogens with one attached hydrogen (secondary N) is 1. The van der Waals surface area contributed by atoms with Gasteiger partial charge < -0.3 is 10.1 Å². The molecule has 152 valence electrons. The van der Waals surface area contributed by atoms with E-state index in [9.17, 15) is 13.2 Å². The number of anilines is 1. The van der Waals surface area contributed by atoms with Gasteiger partial charge in [-0.05, 0) is 55.7 Å². The summed E-state index contributed by atoms with van der Waals surface area (Å²) in [7, 11) is -1.84. The van der Waals surface area contributed by atoms with Crippen molar-refractivity contribution in [3.63, 3.8) is 0 Å². The van der Waals surface area contributed by atoms with Crippen LogP contribution in [0.25, 0.3) is 0 Å². The number of carbonyl (C=O) groups excluding carboxylic acids is 1. The quantitative estimate of drug-likeness (QED) is 0.733. The summed E-state index contributed by atoms with van der Waals surface area (Å²) in [6.07, 6.45) is 1.43. The molecule has 7 heteroatoms. The first-order valence-corrected chi connectivity index (χ1v) is 11.1. The first-order chi connectivity index (χ1) is 13.1. The van der Waals surface area contributed by atoms with Gasteiger partial charge in [0.05, 0.1) is 18.0 Å². The van der Waals surface area contributed by atoms with Crippen LogP contribution in [0.1, 0.15) is 37.9 Å². The summed E-state index contributed by atoms with van der Waals surface area (Å²) in [5, 5.41) is 2.95. The zero-order valence-corrected chi connectivity index (χ0v) is 17.8. The molecule has 28 heavy (non-hydrogen) atoms. The zero-order chi connectivity index (χ0) is 20.9. The molecule has 0 aliphatic heterocycles. The van der Waals surface area contributed by atoms with E-state index in [4.69, 9.17) is 4.74 Å². The van der Waals surface area contributed by atoms with Crippen LogP contribution in [0.5, 0.6) is 5.75 Å². The third-order valence-electron chi connectivity index (χ3n) is 4.63. The lowest BCUT2D eigenvalue weighted by molar-refractivity contribution is -0.127. The van der Waals surface area contributed by atoms with Gasteiger partial charge in [-0.2, -0.15) is 0 Å². The highest BCUT2D eigenvalue weighted by atomic mass is 32.2. The van der Waals surface area contributed by atoms with Crippen molar-refractivity contribution in [1.82, 2.24) is 5.32 Å². The Morgan fingerprint density at radius 1 is 1.07 bits per heavy atom. The molecule has 6 nitrogen and oxygen atoms in total. The second kappa shape index (κ2) is 9.10. The first kappa shape index (κ1) is 21.8. The van der Waals surface area contributed by atoms with E-state index in [-0.39, 0.29) is 11.9 Å². The summed E-state index contributed by atoms with van der Waals surface area (Å²) in [5.74, 6) is 0.276. The fraction of sp³-hybridized carbons (Fsp3) is 0.381. The molecule has 2 rings (SSSR count). The number of sulfonamides is 1. The minimum Gasteiger partial charge on any atom is -0.481 e. The first-order valence-electron chi connectivity index (χ1n) is 9.21. The number of hydrogen-bond donors (Lipinski definition) is 1. The smallest absolute Gasteiger partial charge is 0.261 e. The lowest BCUT2D eigenvalue weighted by atomic mass is 10.0. The molecular weight excluding hydrogens is 376 g/mol. The Hall–Kier alpha value is -2.54. The van der Waals surface area contributed by atoms with E-state index in [1.807, 2.05) is 19.1 Å². The van der Waals surface area contributed by atoms with Crippen molar-refractivity contribution in [3.05, 3.63) is 59.7 Å². The standard InChI is InChI=1S/C21H28N2O4S/c1-6-17-7-9-18(10-8-17)15(2)22-21(24)16(3)27-20-13-11-19(12-14-20)23(4)28(5,25)26/h7-16H,6H2,1-5H3,(H,22,24)/t15-,16-/m0/s1. The van der Waals surface area contributed by atoms with Crippen LogP contribution in [0, 0.1) is 0 Å². The lowest BCUT2D eigenvalue weighted by Crippen LogP contribution is -2.37. The van der Waals surface area contributed by atoms with Crippen LogP contribution in [0.15, 0.2) is 48.5 Å². The van der Waals surface area contributed by atoms with Crippen LogP contribution < -0.4 is 14.4 Å². The Balaban J connectivity index is 1.96. The molecule has 2 atom stereocenters. The number of nitrogens with zero attached hydrogens (tertiary/aromatic N) is 1. The molecule has 0 aliphatic carbocycles. The van der Waals surface area contributed by atoms with Gasteiger partial charge in [-0.15, -0.1) is 0 Å². The van der Waals surface area contributed by atoms with Crippen molar-refractivity contribution >= 4 is 21.6 Å². The SMILES string of the molecule is CCc1ccc([C@H](C)NC(=O)[C@H](C)Oc2ccc(N(C)S(C)(=O)=O)cc2)cc1. The van der Waals surface area contributed by atoms with Gasteiger partial charge in [-0.1, -0.05) is 31.2 Å². The van der Waals surface area contributed by atoms with Gasteiger partial charge in [0.1, 0.15) is 5.75 Å². The molecule has 0 heterocycles. The van der Waals surface area contributed by atoms with E-state index < -0.39 is 16.1 Å². The van der Waals surface area contributed by atoms with Gasteiger partial charge in [-0.3, -0.25) is 9.10 Å². The molecule has 0 saturated heterocycles.